The number of benzene rings is 1. The summed E-state index contributed by atoms with van der Waals surface area (Å²) in [4.78, 5) is 11.9. The summed E-state index contributed by atoms with van der Waals surface area (Å²) in [6.07, 6.45) is 3.65. The van der Waals surface area contributed by atoms with Crippen LogP contribution in [0.2, 0.25) is 0 Å². The van der Waals surface area contributed by atoms with Crippen LogP contribution in [-0.4, -0.2) is 11.9 Å². The number of carbonyl (C=O) groups excluding carboxylic acids is 1. The van der Waals surface area contributed by atoms with Gasteiger partial charge in [0.1, 0.15) is 0 Å². The van der Waals surface area contributed by atoms with Crippen molar-refractivity contribution in [3.8, 4) is 6.07 Å². The van der Waals surface area contributed by atoms with E-state index in [0.717, 1.165) is 12.3 Å². The molecule has 88 valence electrons. The third-order valence-electron chi connectivity index (χ3n) is 3.02. The molecule has 1 aromatic rings. The molecule has 1 amide bonds. The Balaban J connectivity index is 1.95. The summed E-state index contributed by atoms with van der Waals surface area (Å²) in [6.45, 7) is 2.03. The van der Waals surface area contributed by atoms with E-state index in [9.17, 15) is 4.79 Å². The topological polar surface area (TPSA) is 52.9 Å². The van der Waals surface area contributed by atoms with E-state index in [-0.39, 0.29) is 11.9 Å². The minimum Gasteiger partial charge on any atom is -0.350 e. The molecule has 1 aromatic carbocycles. The fourth-order valence-corrected chi connectivity index (χ4v) is 1.95. The summed E-state index contributed by atoms with van der Waals surface area (Å²) in [5.41, 5.74) is 1.08. The lowest BCUT2D eigenvalue weighted by molar-refractivity contribution is 0.0937. The second-order valence-electron chi connectivity index (χ2n) is 4.75. The van der Waals surface area contributed by atoms with E-state index in [4.69, 9.17) is 5.26 Å². The van der Waals surface area contributed by atoms with Crippen molar-refractivity contribution in [3.63, 3.8) is 0 Å². The van der Waals surface area contributed by atoms with Gasteiger partial charge in [0.15, 0.2) is 0 Å². The van der Waals surface area contributed by atoms with Crippen molar-refractivity contribution in [3.05, 3.63) is 35.4 Å². The Morgan fingerprint density at radius 3 is 3.00 bits per heavy atom. The molecule has 0 spiro atoms. The number of nitrogens with one attached hydrogen (secondary N) is 1. The van der Waals surface area contributed by atoms with Gasteiger partial charge >= 0.3 is 0 Å². The highest BCUT2D eigenvalue weighted by atomic mass is 16.1. The standard InChI is InChI=1S/C14H16N2O/c1-10(7-11-5-6-11)16-14(17)13-4-2-3-12(8-13)9-15/h2-4,8,10-11H,5-7H2,1H3,(H,16,17). The van der Waals surface area contributed by atoms with Gasteiger partial charge in [0.25, 0.3) is 5.91 Å². The largest absolute Gasteiger partial charge is 0.350 e. The van der Waals surface area contributed by atoms with Crippen molar-refractivity contribution in [2.24, 2.45) is 5.92 Å². The molecule has 0 aromatic heterocycles. The molecule has 0 radical (unpaired) electrons. The average Bonchev–Trinajstić information content (AvgIpc) is 3.12. The molecule has 1 unspecified atom stereocenters. The fourth-order valence-electron chi connectivity index (χ4n) is 1.95. The zero-order chi connectivity index (χ0) is 12.3. The van der Waals surface area contributed by atoms with Gasteiger partial charge < -0.3 is 5.32 Å². The van der Waals surface area contributed by atoms with E-state index in [0.29, 0.717) is 11.1 Å². The summed E-state index contributed by atoms with van der Waals surface area (Å²) >= 11 is 0. The van der Waals surface area contributed by atoms with Crippen LogP contribution in [0.4, 0.5) is 0 Å². The average molecular weight is 228 g/mol. The lowest BCUT2D eigenvalue weighted by Gasteiger charge is -2.13. The van der Waals surface area contributed by atoms with Crippen LogP contribution >= 0.6 is 0 Å². The normalized spacial score (nSPS) is 16.0. The molecule has 1 N–H and O–H groups in total. The predicted octanol–water partition coefficient (Wildman–Crippen LogP) is 2.48. The molecule has 1 aliphatic rings. The highest BCUT2D eigenvalue weighted by Crippen LogP contribution is 2.33. The molecule has 2 rings (SSSR count). The van der Waals surface area contributed by atoms with Crippen LogP contribution in [-0.2, 0) is 0 Å². The Morgan fingerprint density at radius 2 is 2.35 bits per heavy atom. The number of nitrogens with zero attached hydrogens (tertiary/aromatic N) is 1. The number of nitriles is 1. The van der Waals surface area contributed by atoms with Crippen molar-refractivity contribution in [1.29, 1.82) is 5.26 Å². The number of hydrogen-bond acceptors (Lipinski definition) is 2. The molecule has 0 aliphatic heterocycles. The van der Waals surface area contributed by atoms with Crippen LogP contribution in [0.15, 0.2) is 24.3 Å². The molecule has 0 heterocycles. The number of hydrogen-bond donors (Lipinski definition) is 1. The molecule has 3 nitrogen and oxygen atoms in total. The summed E-state index contributed by atoms with van der Waals surface area (Å²) in [5, 5.41) is 11.7. The first-order chi connectivity index (χ1) is 8.19. The van der Waals surface area contributed by atoms with Gasteiger partial charge in [-0.3, -0.25) is 4.79 Å². The van der Waals surface area contributed by atoms with Crippen molar-refractivity contribution in [2.45, 2.75) is 32.2 Å². The number of rotatable bonds is 4. The number of amides is 1. The highest BCUT2D eigenvalue weighted by Gasteiger charge is 2.24. The van der Waals surface area contributed by atoms with Crippen molar-refractivity contribution in [2.75, 3.05) is 0 Å². The van der Waals surface area contributed by atoms with E-state index < -0.39 is 0 Å². The monoisotopic (exact) mass is 228 g/mol. The van der Waals surface area contributed by atoms with Gasteiger partial charge in [-0.15, -0.1) is 0 Å². The van der Waals surface area contributed by atoms with E-state index in [1.165, 1.54) is 12.8 Å². The molecule has 1 saturated carbocycles. The summed E-state index contributed by atoms with van der Waals surface area (Å²) in [7, 11) is 0. The van der Waals surface area contributed by atoms with Crippen molar-refractivity contribution < 1.29 is 4.79 Å². The maximum absolute atomic E-state index is 11.9. The summed E-state index contributed by atoms with van der Waals surface area (Å²) in [5.74, 6) is 0.714. The Morgan fingerprint density at radius 1 is 1.59 bits per heavy atom. The van der Waals surface area contributed by atoms with Crippen molar-refractivity contribution >= 4 is 5.91 Å². The van der Waals surface area contributed by atoms with E-state index in [1.807, 2.05) is 13.0 Å². The molecule has 1 aliphatic carbocycles. The first-order valence-corrected chi connectivity index (χ1v) is 6.00. The van der Waals surface area contributed by atoms with E-state index in [1.54, 1.807) is 24.3 Å². The minimum atomic E-state index is -0.0877. The molecule has 0 saturated heterocycles. The Bertz CT molecular complexity index is 458. The SMILES string of the molecule is CC(CC1CC1)NC(=O)c1cccc(C#N)c1. The van der Waals surface area contributed by atoms with Crippen LogP contribution < -0.4 is 5.32 Å². The van der Waals surface area contributed by atoms with Gasteiger partial charge in [-0.1, -0.05) is 18.9 Å². The summed E-state index contributed by atoms with van der Waals surface area (Å²) in [6, 6.07) is 9.04. The summed E-state index contributed by atoms with van der Waals surface area (Å²) < 4.78 is 0. The molecule has 1 atom stereocenters. The van der Waals surface area contributed by atoms with Gasteiger partial charge in [0, 0.05) is 11.6 Å². The smallest absolute Gasteiger partial charge is 0.251 e. The second-order valence-corrected chi connectivity index (χ2v) is 4.75. The maximum atomic E-state index is 11.9. The Labute approximate surface area is 101 Å². The third-order valence-corrected chi connectivity index (χ3v) is 3.02. The van der Waals surface area contributed by atoms with Gasteiger partial charge in [-0.05, 0) is 37.5 Å². The van der Waals surface area contributed by atoms with Crippen LogP contribution in [0.1, 0.15) is 42.1 Å². The molecule has 3 heteroatoms. The molecular weight excluding hydrogens is 212 g/mol. The predicted molar refractivity (Wildman–Crippen MR) is 65.4 cm³/mol. The molecule has 1 fully saturated rings. The van der Waals surface area contributed by atoms with Gasteiger partial charge in [-0.2, -0.15) is 5.26 Å². The van der Waals surface area contributed by atoms with Gasteiger partial charge in [-0.25, -0.2) is 0 Å². The zero-order valence-electron chi connectivity index (χ0n) is 9.94. The minimum absolute atomic E-state index is 0.0877. The first-order valence-electron chi connectivity index (χ1n) is 6.00. The molecular formula is C14H16N2O. The molecule has 17 heavy (non-hydrogen) atoms. The molecule has 0 bridgehead atoms. The lowest BCUT2D eigenvalue weighted by atomic mass is 10.1. The maximum Gasteiger partial charge on any atom is 0.251 e. The second kappa shape index (κ2) is 5.01. The Hall–Kier alpha value is -1.82. The zero-order valence-corrected chi connectivity index (χ0v) is 9.94. The first kappa shape index (κ1) is 11.7. The van der Waals surface area contributed by atoms with Gasteiger partial charge in [0.05, 0.1) is 11.6 Å². The van der Waals surface area contributed by atoms with Crippen LogP contribution in [0.25, 0.3) is 0 Å². The lowest BCUT2D eigenvalue weighted by Crippen LogP contribution is -2.32. The highest BCUT2D eigenvalue weighted by molar-refractivity contribution is 5.94. The quantitative estimate of drug-likeness (QED) is 0.860. The van der Waals surface area contributed by atoms with Crippen LogP contribution in [0.5, 0.6) is 0 Å². The fraction of sp³-hybridized carbons (Fsp3) is 0.429. The van der Waals surface area contributed by atoms with Crippen molar-refractivity contribution in [1.82, 2.24) is 5.32 Å². The van der Waals surface area contributed by atoms with Crippen LogP contribution in [0.3, 0.4) is 0 Å². The Kier molecular flexibility index (Phi) is 3.43. The van der Waals surface area contributed by atoms with Gasteiger partial charge in [0.2, 0.25) is 0 Å². The number of carbonyl (C=O) groups is 1. The van der Waals surface area contributed by atoms with E-state index >= 15 is 0 Å². The third kappa shape index (κ3) is 3.32. The van der Waals surface area contributed by atoms with E-state index in [2.05, 4.69) is 5.32 Å². The van der Waals surface area contributed by atoms with Crippen LogP contribution in [0, 0.1) is 17.2 Å².